The smallest absolute Gasteiger partial charge is 0.392 e. The van der Waals surface area contributed by atoms with E-state index in [4.69, 9.17) is 0 Å². The summed E-state index contributed by atoms with van der Waals surface area (Å²) in [7, 11) is -0.618. The number of hydrogen-bond acceptors (Lipinski definition) is 3. The summed E-state index contributed by atoms with van der Waals surface area (Å²) in [6.45, 7) is -0.463. The molecule has 158 valence electrons. The fourth-order valence-electron chi connectivity index (χ4n) is 3.54. The number of fused-ring (bicyclic) bond motifs is 1. The second-order valence-corrected chi connectivity index (χ2v) is 9.40. The minimum atomic E-state index is -4.48. The molecule has 0 spiro atoms. The van der Waals surface area contributed by atoms with E-state index in [1.807, 2.05) is 18.2 Å². The lowest BCUT2D eigenvalue weighted by molar-refractivity contribution is -0.137. The van der Waals surface area contributed by atoms with Gasteiger partial charge in [0.25, 0.3) is 10.2 Å². The normalized spacial score (nSPS) is 17.0. The maximum absolute atomic E-state index is 13.1. The molecule has 0 aliphatic heterocycles. The third-order valence-electron chi connectivity index (χ3n) is 4.97. The Kier molecular flexibility index (Phi) is 6.05. The molecule has 29 heavy (non-hydrogen) atoms. The average molecular weight is 428 g/mol. The molecule has 0 heterocycles. The molecule has 0 saturated carbocycles. The van der Waals surface area contributed by atoms with Crippen LogP contribution in [0.2, 0.25) is 0 Å². The number of hydrogen-bond donors (Lipinski definition) is 2. The summed E-state index contributed by atoms with van der Waals surface area (Å²) >= 11 is 0. The van der Waals surface area contributed by atoms with Crippen molar-refractivity contribution in [2.45, 2.75) is 38.1 Å². The maximum atomic E-state index is 13.1. The van der Waals surface area contributed by atoms with Crippen LogP contribution in [0.4, 0.5) is 13.2 Å². The summed E-state index contributed by atoms with van der Waals surface area (Å²) in [6, 6.07) is 9.03. The number of aliphatic hydroxyl groups excluding tert-OH is 1. The van der Waals surface area contributed by atoms with Crippen molar-refractivity contribution >= 4 is 10.2 Å². The molecule has 0 unspecified atom stereocenters. The van der Waals surface area contributed by atoms with Crippen molar-refractivity contribution in [3.63, 3.8) is 0 Å². The average Bonchev–Trinajstić information content (AvgIpc) is 3.01. The van der Waals surface area contributed by atoms with E-state index in [1.165, 1.54) is 14.1 Å². The van der Waals surface area contributed by atoms with E-state index in [-0.39, 0.29) is 18.0 Å². The van der Waals surface area contributed by atoms with Gasteiger partial charge in [-0.1, -0.05) is 24.3 Å². The Morgan fingerprint density at radius 3 is 2.31 bits per heavy atom. The first-order valence-corrected chi connectivity index (χ1v) is 10.5. The Labute approximate surface area is 168 Å². The van der Waals surface area contributed by atoms with Crippen molar-refractivity contribution < 1.29 is 26.7 Å². The molecule has 0 amide bonds. The van der Waals surface area contributed by atoms with Gasteiger partial charge in [-0.05, 0) is 59.2 Å². The molecule has 0 radical (unpaired) electrons. The highest BCUT2D eigenvalue weighted by atomic mass is 32.2. The summed E-state index contributed by atoms with van der Waals surface area (Å²) in [5, 5.41) is 9.28. The summed E-state index contributed by atoms with van der Waals surface area (Å²) in [5.74, 6) is 0. The predicted molar refractivity (Wildman–Crippen MR) is 104 cm³/mol. The highest BCUT2D eigenvalue weighted by molar-refractivity contribution is 7.87. The molecule has 2 aromatic carbocycles. The van der Waals surface area contributed by atoms with Gasteiger partial charge in [0.05, 0.1) is 12.2 Å². The van der Waals surface area contributed by atoms with Gasteiger partial charge in [-0.25, -0.2) is 0 Å². The van der Waals surface area contributed by atoms with Gasteiger partial charge in [0.1, 0.15) is 0 Å². The SMILES string of the molecule is CN(C)S(=O)(=O)N[C@H]1Cc2ccc(Cc3cc(CO)cc(C(F)(F)F)c3)cc2C1. The van der Waals surface area contributed by atoms with Crippen LogP contribution in [0.5, 0.6) is 0 Å². The monoisotopic (exact) mass is 428 g/mol. The molecule has 9 heteroatoms. The molecule has 2 N–H and O–H groups in total. The molecule has 0 bridgehead atoms. The Balaban J connectivity index is 1.79. The number of nitrogens with zero attached hydrogens (tertiary/aromatic N) is 1. The van der Waals surface area contributed by atoms with E-state index in [1.54, 1.807) is 6.07 Å². The van der Waals surface area contributed by atoms with Gasteiger partial charge in [-0.2, -0.15) is 30.6 Å². The molecule has 2 aromatic rings. The van der Waals surface area contributed by atoms with E-state index < -0.39 is 28.6 Å². The molecular weight excluding hydrogens is 405 g/mol. The number of halogens is 3. The standard InChI is InChI=1S/C20H23F3N2O3S/c1-25(2)29(27,28)24-19-10-16-4-3-13(7-17(16)11-19)5-14-6-15(12-26)9-18(8-14)20(21,22)23/h3-4,6-9,19,24,26H,5,10-12H2,1-2H3/t19-/m0/s1. The quantitative estimate of drug-likeness (QED) is 0.743. The fraction of sp³-hybridized carbons (Fsp3) is 0.400. The first-order valence-electron chi connectivity index (χ1n) is 9.09. The number of alkyl halides is 3. The van der Waals surface area contributed by atoms with Crippen LogP contribution in [0.1, 0.15) is 33.4 Å². The third-order valence-corrected chi connectivity index (χ3v) is 6.56. The maximum Gasteiger partial charge on any atom is 0.416 e. The molecule has 0 aromatic heterocycles. The third kappa shape index (κ3) is 5.16. The lowest BCUT2D eigenvalue weighted by atomic mass is 9.97. The Morgan fingerprint density at radius 2 is 1.69 bits per heavy atom. The summed E-state index contributed by atoms with van der Waals surface area (Å²) in [5.41, 5.74) is 2.76. The number of aliphatic hydroxyl groups is 1. The largest absolute Gasteiger partial charge is 0.416 e. The van der Waals surface area contributed by atoms with E-state index in [0.717, 1.165) is 33.1 Å². The van der Waals surface area contributed by atoms with Crippen LogP contribution in [-0.2, 0) is 42.3 Å². The van der Waals surface area contributed by atoms with E-state index >= 15 is 0 Å². The predicted octanol–water partition coefficient (Wildman–Crippen LogP) is 2.65. The first kappa shape index (κ1) is 21.8. The van der Waals surface area contributed by atoms with Gasteiger partial charge in [-0.15, -0.1) is 0 Å². The number of benzene rings is 2. The number of rotatable bonds is 6. The Bertz CT molecular complexity index is 1000. The molecule has 5 nitrogen and oxygen atoms in total. The first-order chi connectivity index (χ1) is 13.5. The van der Waals surface area contributed by atoms with Gasteiger partial charge in [0.2, 0.25) is 0 Å². The minimum Gasteiger partial charge on any atom is -0.392 e. The van der Waals surface area contributed by atoms with Gasteiger partial charge in [0.15, 0.2) is 0 Å². The Hall–Kier alpha value is -1.94. The van der Waals surface area contributed by atoms with Crippen LogP contribution in [0.15, 0.2) is 36.4 Å². The molecule has 1 atom stereocenters. The van der Waals surface area contributed by atoms with Gasteiger partial charge in [-0.3, -0.25) is 0 Å². The van der Waals surface area contributed by atoms with E-state index in [0.29, 0.717) is 18.4 Å². The second kappa shape index (κ2) is 8.06. The van der Waals surface area contributed by atoms with Gasteiger partial charge >= 0.3 is 6.18 Å². The minimum absolute atomic E-state index is 0.217. The Morgan fingerprint density at radius 1 is 1.03 bits per heavy atom. The fourth-order valence-corrected chi connectivity index (χ4v) is 4.33. The van der Waals surface area contributed by atoms with Crippen LogP contribution in [0, 0.1) is 0 Å². The van der Waals surface area contributed by atoms with Crippen molar-refractivity contribution in [2.75, 3.05) is 14.1 Å². The highest BCUT2D eigenvalue weighted by Gasteiger charge is 2.31. The summed E-state index contributed by atoms with van der Waals surface area (Å²) < 4.78 is 67.1. The van der Waals surface area contributed by atoms with Crippen LogP contribution in [-0.4, -0.2) is 38.0 Å². The summed E-state index contributed by atoms with van der Waals surface area (Å²) in [4.78, 5) is 0. The molecule has 3 rings (SSSR count). The second-order valence-electron chi connectivity index (χ2n) is 7.48. The molecule has 1 aliphatic rings. The van der Waals surface area contributed by atoms with E-state index in [2.05, 4.69) is 4.72 Å². The molecule has 0 fully saturated rings. The van der Waals surface area contributed by atoms with Gasteiger partial charge < -0.3 is 5.11 Å². The van der Waals surface area contributed by atoms with Crippen LogP contribution in [0.25, 0.3) is 0 Å². The lowest BCUT2D eigenvalue weighted by Crippen LogP contribution is -2.42. The molecular formula is C20H23F3N2O3S. The van der Waals surface area contributed by atoms with Gasteiger partial charge in [0, 0.05) is 20.1 Å². The van der Waals surface area contributed by atoms with E-state index in [9.17, 15) is 26.7 Å². The summed E-state index contributed by atoms with van der Waals surface area (Å²) in [6.07, 6.45) is -3.09. The van der Waals surface area contributed by atoms with Crippen LogP contribution in [0.3, 0.4) is 0 Å². The zero-order valence-corrected chi connectivity index (χ0v) is 16.9. The van der Waals surface area contributed by atoms with Crippen molar-refractivity contribution in [1.82, 2.24) is 9.03 Å². The van der Waals surface area contributed by atoms with Crippen molar-refractivity contribution in [3.8, 4) is 0 Å². The van der Waals surface area contributed by atoms with Crippen LogP contribution < -0.4 is 4.72 Å². The molecule has 1 aliphatic carbocycles. The zero-order chi connectivity index (χ0) is 21.4. The van der Waals surface area contributed by atoms with Crippen molar-refractivity contribution in [3.05, 3.63) is 69.8 Å². The molecule has 0 saturated heterocycles. The zero-order valence-electron chi connectivity index (χ0n) is 16.1. The topological polar surface area (TPSA) is 69.6 Å². The number of nitrogens with one attached hydrogen (secondary N) is 1. The van der Waals surface area contributed by atoms with Crippen molar-refractivity contribution in [2.24, 2.45) is 0 Å². The highest BCUT2D eigenvalue weighted by Crippen LogP contribution is 2.32. The van der Waals surface area contributed by atoms with Crippen LogP contribution >= 0.6 is 0 Å². The van der Waals surface area contributed by atoms with Crippen molar-refractivity contribution in [1.29, 1.82) is 0 Å². The lowest BCUT2D eigenvalue weighted by Gasteiger charge is -2.16.